The van der Waals surface area contributed by atoms with Crippen molar-refractivity contribution in [3.8, 4) is 0 Å². The van der Waals surface area contributed by atoms with Crippen LogP contribution in [0.2, 0.25) is 0 Å². The lowest BCUT2D eigenvalue weighted by Crippen LogP contribution is -2.42. The molecule has 1 aromatic carbocycles. The fourth-order valence-corrected chi connectivity index (χ4v) is 2.74. The second-order valence-corrected chi connectivity index (χ2v) is 5.53. The lowest BCUT2D eigenvalue weighted by molar-refractivity contribution is -0.148. The molecule has 2 rings (SSSR count). The van der Waals surface area contributed by atoms with E-state index in [1.54, 1.807) is 0 Å². The highest BCUT2D eigenvalue weighted by Crippen LogP contribution is 2.32. The zero-order valence-electron chi connectivity index (χ0n) is 11.8. The van der Waals surface area contributed by atoms with Gasteiger partial charge in [0.2, 0.25) is 0 Å². The molecule has 0 saturated carbocycles. The van der Waals surface area contributed by atoms with Crippen LogP contribution in [0.15, 0.2) is 18.2 Å². The first-order valence-electron chi connectivity index (χ1n) is 6.54. The highest BCUT2D eigenvalue weighted by Gasteiger charge is 2.43. The molecule has 1 unspecified atom stereocenters. The van der Waals surface area contributed by atoms with Gasteiger partial charge in [-0.1, -0.05) is 17.7 Å². The Morgan fingerprint density at radius 2 is 2.21 bits per heavy atom. The molecule has 1 aromatic rings. The van der Waals surface area contributed by atoms with E-state index in [1.807, 2.05) is 11.9 Å². The van der Waals surface area contributed by atoms with Gasteiger partial charge in [0, 0.05) is 25.9 Å². The standard InChI is InChI=1S/C15H21NO3/c1-11-4-5-13(12(2)8-11)16(3)9-15(14(17)18)6-7-19-10-15/h4-5,8H,6-7,9-10H2,1-3H3,(H,17,18). The molecule has 1 heterocycles. The lowest BCUT2D eigenvalue weighted by Gasteiger charge is -2.30. The number of anilines is 1. The zero-order chi connectivity index (χ0) is 14.0. The van der Waals surface area contributed by atoms with Crippen molar-refractivity contribution in [2.45, 2.75) is 20.3 Å². The van der Waals surface area contributed by atoms with Gasteiger partial charge in [0.1, 0.15) is 5.41 Å². The van der Waals surface area contributed by atoms with Gasteiger partial charge in [0.25, 0.3) is 0 Å². The quantitative estimate of drug-likeness (QED) is 0.905. The van der Waals surface area contributed by atoms with Crippen molar-refractivity contribution in [3.05, 3.63) is 29.3 Å². The maximum atomic E-state index is 11.5. The average molecular weight is 263 g/mol. The summed E-state index contributed by atoms with van der Waals surface area (Å²) in [6.07, 6.45) is 0.581. The van der Waals surface area contributed by atoms with Crippen LogP contribution in [0.4, 0.5) is 5.69 Å². The molecule has 4 heteroatoms. The Morgan fingerprint density at radius 1 is 1.47 bits per heavy atom. The largest absolute Gasteiger partial charge is 0.481 e. The van der Waals surface area contributed by atoms with E-state index in [9.17, 15) is 9.90 Å². The summed E-state index contributed by atoms with van der Waals surface area (Å²) in [6.45, 7) is 5.43. The second-order valence-electron chi connectivity index (χ2n) is 5.53. The first kappa shape index (κ1) is 13.9. The highest BCUT2D eigenvalue weighted by molar-refractivity contribution is 5.76. The second kappa shape index (κ2) is 5.21. The van der Waals surface area contributed by atoms with Gasteiger partial charge in [-0.05, 0) is 31.9 Å². The Kier molecular flexibility index (Phi) is 3.80. The number of carboxylic acids is 1. The van der Waals surface area contributed by atoms with Crippen molar-refractivity contribution in [1.29, 1.82) is 0 Å². The molecule has 1 aliphatic rings. The maximum absolute atomic E-state index is 11.5. The monoisotopic (exact) mass is 263 g/mol. The molecule has 0 amide bonds. The van der Waals surface area contributed by atoms with Crippen molar-refractivity contribution in [3.63, 3.8) is 0 Å². The summed E-state index contributed by atoms with van der Waals surface area (Å²) in [5.74, 6) is -0.762. The number of hydrogen-bond donors (Lipinski definition) is 1. The zero-order valence-corrected chi connectivity index (χ0v) is 11.8. The number of rotatable bonds is 4. The van der Waals surface area contributed by atoms with Crippen LogP contribution in [0.5, 0.6) is 0 Å². The van der Waals surface area contributed by atoms with Gasteiger partial charge < -0.3 is 14.7 Å². The molecule has 19 heavy (non-hydrogen) atoms. The molecule has 104 valence electrons. The van der Waals surface area contributed by atoms with Gasteiger partial charge in [-0.2, -0.15) is 0 Å². The van der Waals surface area contributed by atoms with E-state index in [-0.39, 0.29) is 0 Å². The lowest BCUT2D eigenvalue weighted by atomic mass is 9.86. The molecule has 0 aliphatic carbocycles. The number of hydrogen-bond acceptors (Lipinski definition) is 3. The van der Waals surface area contributed by atoms with E-state index < -0.39 is 11.4 Å². The van der Waals surface area contributed by atoms with Crippen molar-refractivity contribution in [2.24, 2.45) is 5.41 Å². The Labute approximate surface area is 114 Å². The summed E-state index contributed by atoms with van der Waals surface area (Å²) < 4.78 is 5.30. The minimum absolute atomic E-state index is 0.303. The number of carboxylic acid groups (broad SMARTS) is 1. The Hall–Kier alpha value is -1.55. The smallest absolute Gasteiger partial charge is 0.313 e. The molecule has 1 fully saturated rings. The highest BCUT2D eigenvalue weighted by atomic mass is 16.5. The van der Waals surface area contributed by atoms with Gasteiger partial charge in [0.05, 0.1) is 6.61 Å². The van der Waals surface area contributed by atoms with Gasteiger partial charge >= 0.3 is 5.97 Å². The molecule has 0 spiro atoms. The van der Waals surface area contributed by atoms with Crippen LogP contribution < -0.4 is 4.90 Å². The van der Waals surface area contributed by atoms with Crippen LogP contribution in [0.1, 0.15) is 17.5 Å². The molecule has 1 saturated heterocycles. The molecule has 0 aromatic heterocycles. The van der Waals surface area contributed by atoms with Crippen LogP contribution in [-0.4, -0.2) is 37.9 Å². The first-order valence-corrected chi connectivity index (χ1v) is 6.54. The number of ether oxygens (including phenoxy) is 1. The molecule has 0 bridgehead atoms. The van der Waals surface area contributed by atoms with Crippen LogP contribution >= 0.6 is 0 Å². The van der Waals surface area contributed by atoms with Crippen LogP contribution in [0, 0.1) is 19.3 Å². The van der Waals surface area contributed by atoms with Crippen molar-refractivity contribution < 1.29 is 14.6 Å². The third-order valence-corrected chi connectivity index (χ3v) is 3.86. The van der Waals surface area contributed by atoms with Crippen molar-refractivity contribution >= 4 is 11.7 Å². The summed E-state index contributed by atoms with van der Waals surface area (Å²) in [6, 6.07) is 6.22. The van der Waals surface area contributed by atoms with E-state index in [1.165, 1.54) is 11.1 Å². The molecular weight excluding hydrogens is 242 g/mol. The summed E-state index contributed by atoms with van der Waals surface area (Å²) in [4.78, 5) is 13.5. The summed E-state index contributed by atoms with van der Waals surface area (Å²) in [7, 11) is 1.95. The molecular formula is C15H21NO3. The Bertz CT molecular complexity index is 478. The molecule has 4 nitrogen and oxygen atoms in total. The van der Waals surface area contributed by atoms with E-state index >= 15 is 0 Å². The van der Waals surface area contributed by atoms with Crippen molar-refractivity contribution in [2.75, 3.05) is 31.7 Å². The predicted octanol–water partition coefficient (Wildman–Crippen LogP) is 2.23. The summed E-state index contributed by atoms with van der Waals surface area (Å²) >= 11 is 0. The van der Waals surface area contributed by atoms with Crippen LogP contribution in [-0.2, 0) is 9.53 Å². The average Bonchev–Trinajstić information content (AvgIpc) is 2.78. The SMILES string of the molecule is Cc1ccc(N(C)CC2(C(=O)O)CCOC2)c(C)c1. The molecule has 1 N–H and O–H groups in total. The third kappa shape index (κ3) is 2.73. The fourth-order valence-electron chi connectivity index (χ4n) is 2.74. The molecule has 0 radical (unpaired) electrons. The first-order chi connectivity index (χ1) is 8.94. The van der Waals surface area contributed by atoms with E-state index in [2.05, 4.69) is 32.0 Å². The fraction of sp³-hybridized carbons (Fsp3) is 0.533. The Morgan fingerprint density at radius 3 is 2.74 bits per heavy atom. The third-order valence-electron chi connectivity index (χ3n) is 3.86. The van der Waals surface area contributed by atoms with Gasteiger partial charge in [-0.3, -0.25) is 4.79 Å². The van der Waals surface area contributed by atoms with Crippen molar-refractivity contribution in [1.82, 2.24) is 0 Å². The topological polar surface area (TPSA) is 49.8 Å². The predicted molar refractivity (Wildman–Crippen MR) is 74.7 cm³/mol. The van der Waals surface area contributed by atoms with E-state index in [4.69, 9.17) is 4.74 Å². The van der Waals surface area contributed by atoms with Gasteiger partial charge in [-0.15, -0.1) is 0 Å². The number of aryl methyl sites for hydroxylation is 2. The summed E-state index contributed by atoms with van der Waals surface area (Å²) in [5.41, 5.74) is 2.69. The van der Waals surface area contributed by atoms with Crippen LogP contribution in [0.25, 0.3) is 0 Å². The van der Waals surface area contributed by atoms with Gasteiger partial charge in [-0.25, -0.2) is 0 Å². The van der Waals surface area contributed by atoms with E-state index in [0.29, 0.717) is 26.2 Å². The normalized spacial score (nSPS) is 22.5. The summed E-state index contributed by atoms with van der Waals surface area (Å²) in [5, 5.41) is 9.47. The molecule has 1 atom stereocenters. The number of carbonyl (C=O) groups is 1. The number of aliphatic carboxylic acids is 1. The Balaban J connectivity index is 2.20. The van der Waals surface area contributed by atoms with Crippen LogP contribution in [0.3, 0.4) is 0 Å². The number of nitrogens with zero attached hydrogens (tertiary/aromatic N) is 1. The minimum atomic E-state index is -0.772. The van der Waals surface area contributed by atoms with E-state index in [0.717, 1.165) is 5.69 Å². The maximum Gasteiger partial charge on any atom is 0.313 e. The minimum Gasteiger partial charge on any atom is -0.481 e. The molecule has 1 aliphatic heterocycles. The van der Waals surface area contributed by atoms with Gasteiger partial charge in [0.15, 0.2) is 0 Å². The number of benzene rings is 1.